The number of hydrogen-bond acceptors (Lipinski definition) is 5. The van der Waals surface area contributed by atoms with E-state index in [1.54, 1.807) is 4.31 Å². The quantitative estimate of drug-likeness (QED) is 0.451. The number of ether oxygens (including phenoxy) is 1. The Labute approximate surface area is 170 Å². The van der Waals surface area contributed by atoms with Gasteiger partial charge in [0.05, 0.1) is 30.6 Å². The molecule has 28 heavy (non-hydrogen) atoms. The Morgan fingerprint density at radius 1 is 1.18 bits per heavy atom. The largest absolute Gasteiger partial charge is 0.388 e. The second kappa shape index (κ2) is 10.8. The predicted molar refractivity (Wildman–Crippen MR) is 112 cm³/mol. The van der Waals surface area contributed by atoms with Crippen molar-refractivity contribution in [2.45, 2.75) is 64.6 Å². The number of piperazine rings is 1. The van der Waals surface area contributed by atoms with Crippen molar-refractivity contribution in [2.75, 3.05) is 51.6 Å². The fraction of sp³-hybridized carbons (Fsp3) is 0.947. The van der Waals surface area contributed by atoms with Crippen LogP contribution in [-0.4, -0.2) is 92.0 Å². The summed E-state index contributed by atoms with van der Waals surface area (Å²) in [6.45, 7) is 9.25. The number of hydrogen-bond donors (Lipinski definition) is 2. The monoisotopic (exact) mass is 418 g/mol. The highest BCUT2D eigenvalue weighted by Gasteiger charge is 2.31. The third kappa shape index (κ3) is 7.17. The van der Waals surface area contributed by atoms with E-state index in [1.807, 2.05) is 20.8 Å². The maximum absolute atomic E-state index is 12.5. The van der Waals surface area contributed by atoms with E-state index in [0.29, 0.717) is 32.7 Å². The first-order valence-corrected chi connectivity index (χ1v) is 12.2. The van der Waals surface area contributed by atoms with Crippen LogP contribution in [0.4, 0.5) is 0 Å². The average molecular weight is 419 g/mol. The molecule has 0 unspecified atom stereocenters. The fourth-order valence-corrected chi connectivity index (χ4v) is 5.00. The smallest absolute Gasteiger partial charge is 0.216 e. The van der Waals surface area contributed by atoms with Crippen LogP contribution in [0.1, 0.15) is 52.9 Å². The first kappa shape index (κ1) is 23.4. The normalized spacial score (nSPS) is 21.9. The summed E-state index contributed by atoms with van der Waals surface area (Å²) in [7, 11) is -3.30. The molecule has 9 heteroatoms. The van der Waals surface area contributed by atoms with Gasteiger partial charge in [0.15, 0.2) is 5.96 Å². The molecule has 1 heterocycles. The van der Waals surface area contributed by atoms with Crippen molar-refractivity contribution < 1.29 is 18.3 Å². The molecule has 164 valence electrons. The van der Waals surface area contributed by atoms with E-state index < -0.39 is 15.6 Å². The van der Waals surface area contributed by atoms with Crippen LogP contribution in [0, 0.1) is 0 Å². The molecule has 0 radical (unpaired) electrons. The number of guanidine groups is 1. The Morgan fingerprint density at radius 2 is 1.82 bits per heavy atom. The summed E-state index contributed by atoms with van der Waals surface area (Å²) in [6, 6.07) is 0. The van der Waals surface area contributed by atoms with E-state index in [0.717, 1.165) is 38.2 Å². The maximum Gasteiger partial charge on any atom is 0.216 e. The summed E-state index contributed by atoms with van der Waals surface area (Å²) in [5.74, 6) is 0.786. The molecule has 0 bridgehead atoms. The first-order chi connectivity index (χ1) is 13.3. The molecule has 2 aliphatic rings. The summed E-state index contributed by atoms with van der Waals surface area (Å²) >= 11 is 0. The van der Waals surface area contributed by atoms with Crippen LogP contribution >= 0.6 is 0 Å². The molecule has 1 saturated heterocycles. The SMILES string of the molecule is CCNC(=NCC1(O)CCCCC1)N1CCN(S(=O)(=O)CCOC(C)C)CC1. The summed E-state index contributed by atoms with van der Waals surface area (Å²) in [5, 5.41) is 14.0. The highest BCUT2D eigenvalue weighted by Crippen LogP contribution is 2.28. The van der Waals surface area contributed by atoms with Gasteiger partial charge in [0, 0.05) is 32.7 Å². The molecular formula is C19H38N4O4S. The Morgan fingerprint density at radius 3 is 2.39 bits per heavy atom. The molecule has 2 fully saturated rings. The molecule has 2 N–H and O–H groups in total. The number of nitrogens with one attached hydrogen (secondary N) is 1. The summed E-state index contributed by atoms with van der Waals surface area (Å²) in [4.78, 5) is 6.77. The van der Waals surface area contributed by atoms with E-state index in [-0.39, 0.29) is 18.5 Å². The number of nitrogens with zero attached hydrogens (tertiary/aromatic N) is 3. The lowest BCUT2D eigenvalue weighted by atomic mass is 9.85. The highest BCUT2D eigenvalue weighted by atomic mass is 32.2. The van der Waals surface area contributed by atoms with Gasteiger partial charge >= 0.3 is 0 Å². The summed E-state index contributed by atoms with van der Waals surface area (Å²) < 4.78 is 31.9. The molecule has 0 aromatic carbocycles. The zero-order valence-electron chi connectivity index (χ0n) is 17.7. The Balaban J connectivity index is 1.90. The standard InChI is InChI=1S/C19H38N4O4S/c1-4-20-18(21-16-19(24)8-6-5-7-9-19)22-10-12-23(13-11-22)28(25,26)15-14-27-17(2)3/h17,24H,4-16H2,1-3H3,(H,20,21). The van der Waals surface area contributed by atoms with Crippen molar-refractivity contribution in [3.05, 3.63) is 0 Å². The lowest BCUT2D eigenvalue weighted by Gasteiger charge is -2.36. The van der Waals surface area contributed by atoms with Crippen molar-refractivity contribution in [1.82, 2.24) is 14.5 Å². The molecule has 0 aromatic heterocycles. The van der Waals surface area contributed by atoms with Gasteiger partial charge in [-0.2, -0.15) is 4.31 Å². The summed E-state index contributed by atoms with van der Waals surface area (Å²) in [5.41, 5.74) is -0.694. The molecule has 2 rings (SSSR count). The van der Waals surface area contributed by atoms with Gasteiger partial charge in [0.25, 0.3) is 0 Å². The van der Waals surface area contributed by atoms with Crippen molar-refractivity contribution in [2.24, 2.45) is 4.99 Å². The molecule has 0 atom stereocenters. The third-order valence-corrected chi connectivity index (χ3v) is 7.20. The molecule has 0 aromatic rings. The zero-order valence-corrected chi connectivity index (χ0v) is 18.5. The topological polar surface area (TPSA) is 94.5 Å². The van der Waals surface area contributed by atoms with Gasteiger partial charge < -0.3 is 20.1 Å². The number of rotatable bonds is 8. The van der Waals surface area contributed by atoms with Crippen molar-refractivity contribution >= 4 is 16.0 Å². The predicted octanol–water partition coefficient (Wildman–Crippen LogP) is 1.02. The highest BCUT2D eigenvalue weighted by molar-refractivity contribution is 7.89. The van der Waals surface area contributed by atoms with Crippen LogP contribution < -0.4 is 5.32 Å². The molecule has 8 nitrogen and oxygen atoms in total. The molecule has 1 aliphatic heterocycles. The first-order valence-electron chi connectivity index (χ1n) is 10.6. The minimum Gasteiger partial charge on any atom is -0.388 e. The van der Waals surface area contributed by atoms with Crippen LogP contribution in [0.3, 0.4) is 0 Å². The molecule has 1 aliphatic carbocycles. The fourth-order valence-electron chi connectivity index (χ4n) is 3.71. The Bertz CT molecular complexity index is 595. The third-order valence-electron chi connectivity index (χ3n) is 5.37. The van der Waals surface area contributed by atoms with Crippen LogP contribution in [0.25, 0.3) is 0 Å². The van der Waals surface area contributed by atoms with E-state index >= 15 is 0 Å². The van der Waals surface area contributed by atoms with Gasteiger partial charge in [-0.25, -0.2) is 8.42 Å². The molecular weight excluding hydrogens is 380 g/mol. The van der Waals surface area contributed by atoms with Gasteiger partial charge in [-0.1, -0.05) is 19.3 Å². The van der Waals surface area contributed by atoms with Crippen molar-refractivity contribution in [1.29, 1.82) is 0 Å². The zero-order chi connectivity index (χ0) is 20.6. The minimum absolute atomic E-state index is 0.0202. The second-order valence-electron chi connectivity index (χ2n) is 8.08. The lowest BCUT2D eigenvalue weighted by Crippen LogP contribution is -2.54. The van der Waals surface area contributed by atoms with E-state index in [4.69, 9.17) is 4.74 Å². The van der Waals surface area contributed by atoms with Gasteiger partial charge in [0.1, 0.15) is 0 Å². The maximum atomic E-state index is 12.5. The Hall–Kier alpha value is -0.900. The van der Waals surface area contributed by atoms with Gasteiger partial charge in [-0.15, -0.1) is 0 Å². The van der Waals surface area contributed by atoms with Crippen molar-refractivity contribution in [3.63, 3.8) is 0 Å². The van der Waals surface area contributed by atoms with Gasteiger partial charge in [-0.05, 0) is 33.6 Å². The van der Waals surface area contributed by atoms with E-state index in [2.05, 4.69) is 15.2 Å². The van der Waals surface area contributed by atoms with Crippen LogP contribution in [0.2, 0.25) is 0 Å². The van der Waals surface area contributed by atoms with Gasteiger partial charge in [-0.3, -0.25) is 4.99 Å². The average Bonchev–Trinajstić information content (AvgIpc) is 2.65. The van der Waals surface area contributed by atoms with Crippen molar-refractivity contribution in [3.8, 4) is 0 Å². The van der Waals surface area contributed by atoms with Crippen LogP contribution in [-0.2, 0) is 14.8 Å². The number of aliphatic imine (C=N–C) groups is 1. The molecule has 1 saturated carbocycles. The van der Waals surface area contributed by atoms with Crippen LogP contribution in [0.15, 0.2) is 4.99 Å². The van der Waals surface area contributed by atoms with Crippen LogP contribution in [0.5, 0.6) is 0 Å². The number of aliphatic hydroxyl groups is 1. The molecule has 0 spiro atoms. The van der Waals surface area contributed by atoms with E-state index in [9.17, 15) is 13.5 Å². The summed E-state index contributed by atoms with van der Waals surface area (Å²) in [6.07, 6.45) is 4.94. The second-order valence-corrected chi connectivity index (χ2v) is 10.2. The van der Waals surface area contributed by atoms with Gasteiger partial charge in [0.2, 0.25) is 10.0 Å². The minimum atomic E-state index is -3.30. The van der Waals surface area contributed by atoms with E-state index in [1.165, 1.54) is 6.42 Å². The number of sulfonamides is 1. The molecule has 0 amide bonds. The lowest BCUT2D eigenvalue weighted by molar-refractivity contribution is 0.0129. The Kier molecular flexibility index (Phi) is 8.98.